The van der Waals surface area contributed by atoms with E-state index in [4.69, 9.17) is 10.2 Å². The number of nitrogens with zero attached hydrogens (tertiary/aromatic N) is 3. The molecule has 42 heavy (non-hydrogen) atoms. The first kappa shape index (κ1) is 28.4. The molecule has 3 aliphatic rings. The largest absolute Gasteiger partial charge is 0.503 e. The van der Waals surface area contributed by atoms with Gasteiger partial charge in [-0.1, -0.05) is 0 Å². The van der Waals surface area contributed by atoms with Crippen LogP contribution in [0, 0.1) is 28.8 Å². The molecular formula is C29H30F5N5O3. The summed E-state index contributed by atoms with van der Waals surface area (Å²) in [7, 11) is 0. The molecule has 224 valence electrons. The Kier molecular flexibility index (Phi) is 7.11. The molecule has 1 saturated carbocycles. The monoisotopic (exact) mass is 591 g/mol. The van der Waals surface area contributed by atoms with E-state index >= 15 is 0 Å². The minimum atomic E-state index is -2.92. The smallest absolute Gasteiger partial charge is 0.261 e. The summed E-state index contributed by atoms with van der Waals surface area (Å²) in [6.07, 6.45) is 4.83. The highest BCUT2D eigenvalue weighted by molar-refractivity contribution is 6.01. The Balaban J connectivity index is 1.07. The van der Waals surface area contributed by atoms with Gasteiger partial charge in [0.05, 0.1) is 29.1 Å². The van der Waals surface area contributed by atoms with Crippen molar-refractivity contribution in [2.24, 2.45) is 11.3 Å². The molecule has 13 heteroatoms. The second-order valence-electron chi connectivity index (χ2n) is 11.7. The van der Waals surface area contributed by atoms with E-state index in [9.17, 15) is 31.5 Å². The molecule has 2 aliphatic heterocycles. The van der Waals surface area contributed by atoms with Crippen molar-refractivity contribution in [3.63, 3.8) is 0 Å². The molecule has 3 aromatic rings. The first-order valence-corrected chi connectivity index (χ1v) is 14.0. The van der Waals surface area contributed by atoms with Gasteiger partial charge in [0.25, 0.3) is 11.8 Å². The zero-order valence-electron chi connectivity index (χ0n) is 22.6. The molecule has 1 aromatic heterocycles. The Hall–Kier alpha value is -3.74. The number of hydrogen-bond acceptors (Lipinski definition) is 5. The predicted octanol–water partition coefficient (Wildman–Crippen LogP) is 4.67. The number of nitrogens with one attached hydrogen (secondary N) is 2. The fourth-order valence-corrected chi connectivity index (χ4v) is 6.57. The number of rotatable bonds is 5. The molecule has 1 unspecified atom stereocenters. The summed E-state index contributed by atoms with van der Waals surface area (Å²) in [4.78, 5) is 27.2. The van der Waals surface area contributed by atoms with Gasteiger partial charge in [0.15, 0.2) is 17.4 Å². The molecule has 3 heterocycles. The van der Waals surface area contributed by atoms with Gasteiger partial charge in [0.1, 0.15) is 0 Å². The lowest BCUT2D eigenvalue weighted by Crippen LogP contribution is -2.53. The molecule has 3 fully saturated rings. The summed E-state index contributed by atoms with van der Waals surface area (Å²) >= 11 is 0. The minimum absolute atomic E-state index is 0.0757. The zero-order chi connectivity index (χ0) is 29.8. The summed E-state index contributed by atoms with van der Waals surface area (Å²) in [6, 6.07) is 6.06. The molecule has 2 aromatic carbocycles. The van der Waals surface area contributed by atoms with E-state index in [-0.39, 0.29) is 31.0 Å². The normalized spacial score (nSPS) is 25.8. The number of benzene rings is 2. The molecule has 1 aliphatic carbocycles. The molecule has 2 amide bonds. The Morgan fingerprint density at radius 3 is 2.60 bits per heavy atom. The van der Waals surface area contributed by atoms with Crippen LogP contribution in [0.3, 0.4) is 0 Å². The number of phenols is 1. The Labute approximate surface area is 237 Å². The quantitative estimate of drug-likeness (QED) is 0.296. The van der Waals surface area contributed by atoms with Crippen LogP contribution in [0.5, 0.6) is 5.75 Å². The van der Waals surface area contributed by atoms with Crippen molar-refractivity contribution in [1.29, 1.82) is 0 Å². The third-order valence-electron chi connectivity index (χ3n) is 8.90. The van der Waals surface area contributed by atoms with Crippen LogP contribution in [0.4, 0.5) is 27.6 Å². The zero-order valence-corrected chi connectivity index (χ0v) is 22.6. The SMILES string of the molecule is O=C(NCC1CCC(n2cc3ccc(N4CCC5(CNCC(F)(F)C5)C4=O)cc3n2)CC1)c1cc(F)c(O)c(F)c1F. The summed E-state index contributed by atoms with van der Waals surface area (Å²) in [5, 5.41) is 20.0. The van der Waals surface area contributed by atoms with Gasteiger partial charge in [-0.05, 0) is 62.3 Å². The van der Waals surface area contributed by atoms with Crippen LogP contribution in [0.2, 0.25) is 0 Å². The van der Waals surface area contributed by atoms with Crippen molar-refractivity contribution in [3.8, 4) is 5.75 Å². The molecular weight excluding hydrogens is 561 g/mol. The van der Waals surface area contributed by atoms with Gasteiger partial charge in [0.2, 0.25) is 11.7 Å². The van der Waals surface area contributed by atoms with E-state index in [1.807, 2.05) is 29.1 Å². The standard InChI is InChI=1S/C29H30F5N5O3/c30-21-10-20(23(31)24(32)25(21)40)26(41)36-11-16-1-4-18(5-2-16)39-12-17-3-6-19(9-22(17)37-39)38-8-7-28(27(38)42)13-29(33,34)15-35-14-28/h3,6,9-10,12,16,18,35,40H,1-2,4-5,7-8,11,13-15H2,(H,36,41). The summed E-state index contributed by atoms with van der Waals surface area (Å²) in [6.45, 7) is 0.398. The van der Waals surface area contributed by atoms with Crippen molar-refractivity contribution >= 4 is 28.4 Å². The highest BCUT2D eigenvalue weighted by Gasteiger charge is 2.55. The average Bonchev–Trinajstić information content (AvgIpc) is 3.52. The van der Waals surface area contributed by atoms with Crippen molar-refractivity contribution < 1.29 is 36.6 Å². The maximum absolute atomic E-state index is 14.1. The number of fused-ring (bicyclic) bond motifs is 1. The van der Waals surface area contributed by atoms with Crippen molar-refractivity contribution in [2.75, 3.05) is 31.1 Å². The second kappa shape index (κ2) is 10.5. The van der Waals surface area contributed by atoms with Gasteiger partial charge in [-0.2, -0.15) is 9.49 Å². The summed E-state index contributed by atoms with van der Waals surface area (Å²) < 4.78 is 71.3. The Morgan fingerprint density at radius 2 is 1.86 bits per heavy atom. The number of aromatic nitrogens is 2. The molecule has 0 bridgehead atoms. The van der Waals surface area contributed by atoms with Crippen LogP contribution in [0.1, 0.15) is 54.9 Å². The van der Waals surface area contributed by atoms with Crippen LogP contribution in [-0.4, -0.2) is 58.8 Å². The van der Waals surface area contributed by atoms with Crippen LogP contribution >= 0.6 is 0 Å². The van der Waals surface area contributed by atoms with E-state index < -0.39 is 59.0 Å². The number of piperidine rings is 1. The molecule has 3 N–H and O–H groups in total. The predicted molar refractivity (Wildman–Crippen MR) is 143 cm³/mol. The van der Waals surface area contributed by atoms with Crippen molar-refractivity contribution in [2.45, 2.75) is 50.5 Å². The first-order valence-electron chi connectivity index (χ1n) is 14.0. The number of aromatic hydroxyl groups is 1. The van der Waals surface area contributed by atoms with Gasteiger partial charge >= 0.3 is 0 Å². The lowest BCUT2D eigenvalue weighted by atomic mass is 9.78. The fourth-order valence-electron chi connectivity index (χ4n) is 6.57. The maximum Gasteiger partial charge on any atom is 0.261 e. The van der Waals surface area contributed by atoms with E-state index in [1.54, 1.807) is 4.90 Å². The molecule has 1 spiro atoms. The van der Waals surface area contributed by atoms with Gasteiger partial charge in [-0.25, -0.2) is 17.6 Å². The number of halogens is 5. The summed E-state index contributed by atoms with van der Waals surface area (Å²) in [5.41, 5.74) is -0.581. The summed E-state index contributed by atoms with van der Waals surface area (Å²) in [5.74, 6) is -10.4. The fraction of sp³-hybridized carbons (Fsp3) is 0.483. The topological polar surface area (TPSA) is 99.5 Å². The average molecular weight is 592 g/mol. The van der Waals surface area contributed by atoms with E-state index in [1.165, 1.54) is 0 Å². The lowest BCUT2D eigenvalue weighted by Gasteiger charge is -2.36. The molecule has 8 nitrogen and oxygen atoms in total. The number of alkyl halides is 2. The third kappa shape index (κ3) is 5.07. The van der Waals surface area contributed by atoms with Crippen LogP contribution in [0.25, 0.3) is 10.9 Å². The van der Waals surface area contributed by atoms with Gasteiger partial charge < -0.3 is 20.6 Å². The molecule has 1 atom stereocenters. The Bertz CT molecular complexity index is 1550. The van der Waals surface area contributed by atoms with Gasteiger partial charge in [-0.3, -0.25) is 14.3 Å². The highest BCUT2D eigenvalue weighted by atomic mass is 19.3. The van der Waals surface area contributed by atoms with Crippen molar-refractivity contribution in [1.82, 2.24) is 20.4 Å². The number of carbonyl (C=O) groups excluding carboxylic acids is 2. The van der Waals surface area contributed by atoms with Crippen LogP contribution in [-0.2, 0) is 4.79 Å². The van der Waals surface area contributed by atoms with E-state index in [2.05, 4.69) is 10.6 Å². The van der Waals surface area contributed by atoms with Crippen molar-refractivity contribution in [3.05, 3.63) is 53.5 Å². The Morgan fingerprint density at radius 1 is 1.10 bits per heavy atom. The number of anilines is 1. The second-order valence-corrected chi connectivity index (χ2v) is 11.7. The van der Waals surface area contributed by atoms with Crippen LogP contribution < -0.4 is 15.5 Å². The highest BCUT2D eigenvalue weighted by Crippen LogP contribution is 2.44. The van der Waals surface area contributed by atoms with E-state index in [0.29, 0.717) is 30.2 Å². The molecule has 0 radical (unpaired) electrons. The number of hydrogen-bond donors (Lipinski definition) is 3. The van der Waals surface area contributed by atoms with Gasteiger partial charge in [-0.15, -0.1) is 0 Å². The number of amides is 2. The maximum atomic E-state index is 14.1. The third-order valence-corrected chi connectivity index (χ3v) is 8.90. The minimum Gasteiger partial charge on any atom is -0.503 e. The number of phenolic OH excluding ortho intramolecular Hbond substituents is 1. The molecule has 2 saturated heterocycles. The van der Waals surface area contributed by atoms with Crippen LogP contribution in [0.15, 0.2) is 30.5 Å². The lowest BCUT2D eigenvalue weighted by molar-refractivity contribution is -0.135. The van der Waals surface area contributed by atoms with E-state index in [0.717, 1.165) is 31.1 Å². The number of carbonyl (C=O) groups is 2. The van der Waals surface area contributed by atoms with Gasteiger partial charge in [0, 0.05) is 43.3 Å². The first-order chi connectivity index (χ1) is 20.0. The molecule has 6 rings (SSSR count).